The molecule has 0 saturated heterocycles. The number of unbranched alkanes of at least 4 members (excludes halogenated alkanes) is 1. The van der Waals surface area contributed by atoms with Crippen LogP contribution in [0.1, 0.15) is 36.9 Å². The van der Waals surface area contributed by atoms with Gasteiger partial charge in [-0.15, -0.1) is 0 Å². The highest BCUT2D eigenvalue weighted by atomic mass is 19.1. The Labute approximate surface area is 222 Å². The van der Waals surface area contributed by atoms with E-state index in [1.54, 1.807) is 12.1 Å². The molecule has 2 aromatic rings. The summed E-state index contributed by atoms with van der Waals surface area (Å²) in [5.74, 6) is -0.762. The summed E-state index contributed by atoms with van der Waals surface area (Å²) >= 11 is 0. The molecule has 0 unspecified atom stereocenters. The number of nitrogens with zero attached hydrogens (tertiary/aromatic N) is 3. The lowest BCUT2D eigenvalue weighted by molar-refractivity contribution is -0.142. The molecular formula is C27H38FN5O5. The van der Waals surface area contributed by atoms with Crippen molar-refractivity contribution in [3.63, 3.8) is 0 Å². The number of anilines is 1. The molecule has 10 nitrogen and oxygen atoms in total. The Bertz CT molecular complexity index is 1110. The zero-order valence-electron chi connectivity index (χ0n) is 21.9. The van der Waals surface area contributed by atoms with Gasteiger partial charge in [-0.3, -0.25) is 9.59 Å². The van der Waals surface area contributed by atoms with Crippen LogP contribution < -0.4 is 16.2 Å². The first-order valence-electron chi connectivity index (χ1n) is 13.1. The number of halogens is 1. The second-order valence-electron chi connectivity index (χ2n) is 9.52. The average molecular weight is 532 g/mol. The van der Waals surface area contributed by atoms with Crippen molar-refractivity contribution in [2.24, 2.45) is 0 Å². The smallest absolute Gasteiger partial charge is 0.326 e. The summed E-state index contributed by atoms with van der Waals surface area (Å²) < 4.78 is 19.8. The van der Waals surface area contributed by atoms with Gasteiger partial charge in [-0.25, -0.2) is 14.2 Å². The Balaban J connectivity index is 1.51. The molecule has 3 heterocycles. The van der Waals surface area contributed by atoms with Crippen molar-refractivity contribution < 1.29 is 23.8 Å². The zero-order valence-corrected chi connectivity index (χ0v) is 21.9. The predicted octanol–water partition coefficient (Wildman–Crippen LogP) is 1.87. The lowest BCUT2D eigenvalue weighted by atomic mass is 10.1. The maximum atomic E-state index is 13.4. The van der Waals surface area contributed by atoms with Crippen molar-refractivity contribution in [3.8, 4) is 0 Å². The number of amides is 1. The number of nitrogens with one attached hydrogen (secondary N) is 2. The fourth-order valence-electron chi connectivity index (χ4n) is 4.47. The third-order valence-electron chi connectivity index (χ3n) is 6.66. The van der Waals surface area contributed by atoms with Crippen LogP contribution in [0.4, 0.5) is 10.2 Å². The number of rotatable bonds is 16. The van der Waals surface area contributed by atoms with Crippen LogP contribution in [0.3, 0.4) is 0 Å². The summed E-state index contributed by atoms with van der Waals surface area (Å²) in [6, 6.07) is 7.58. The van der Waals surface area contributed by atoms with Gasteiger partial charge >= 0.3 is 5.97 Å². The average Bonchev–Trinajstić information content (AvgIpc) is 2.92. The molecule has 38 heavy (non-hydrogen) atoms. The number of ether oxygens (including phenoxy) is 1. The lowest BCUT2D eigenvalue weighted by Gasteiger charge is -2.27. The van der Waals surface area contributed by atoms with E-state index < -0.39 is 30.7 Å². The van der Waals surface area contributed by atoms with Gasteiger partial charge in [0.15, 0.2) is 0 Å². The summed E-state index contributed by atoms with van der Waals surface area (Å²) in [6.07, 6.45) is 5.64. The number of carboxylic acids is 1. The molecule has 2 atom stereocenters. The van der Waals surface area contributed by atoms with E-state index in [2.05, 4.69) is 22.8 Å². The minimum Gasteiger partial charge on any atom is -0.480 e. The topological polar surface area (TPSA) is 126 Å². The van der Waals surface area contributed by atoms with Crippen LogP contribution in [0.5, 0.6) is 0 Å². The summed E-state index contributed by atoms with van der Waals surface area (Å²) in [6.45, 7) is 1.30. The molecule has 0 bridgehead atoms. The van der Waals surface area contributed by atoms with Gasteiger partial charge in [0.2, 0.25) is 5.91 Å². The largest absolute Gasteiger partial charge is 0.480 e. The van der Waals surface area contributed by atoms with Crippen molar-refractivity contribution in [1.82, 2.24) is 19.8 Å². The number of carbonyl (C=O) groups excluding carboxylic acids is 1. The van der Waals surface area contributed by atoms with Crippen LogP contribution in [0.25, 0.3) is 0 Å². The van der Waals surface area contributed by atoms with Gasteiger partial charge in [0, 0.05) is 44.7 Å². The van der Waals surface area contributed by atoms with Crippen molar-refractivity contribution in [2.75, 3.05) is 45.3 Å². The maximum absolute atomic E-state index is 13.4. The Morgan fingerprint density at radius 3 is 2.84 bits per heavy atom. The van der Waals surface area contributed by atoms with Gasteiger partial charge in [-0.2, -0.15) is 0 Å². The number of aliphatic carboxylic acids is 1. The van der Waals surface area contributed by atoms with E-state index in [1.165, 1.54) is 29.5 Å². The minimum atomic E-state index is -1.17. The predicted molar refractivity (Wildman–Crippen MR) is 142 cm³/mol. The second-order valence-corrected chi connectivity index (χ2v) is 9.52. The summed E-state index contributed by atoms with van der Waals surface area (Å²) in [7, 11) is 1.45. The van der Waals surface area contributed by atoms with E-state index >= 15 is 0 Å². The third kappa shape index (κ3) is 9.21. The number of pyridine rings is 2. The highest BCUT2D eigenvalue weighted by Crippen LogP contribution is 2.20. The first-order chi connectivity index (χ1) is 18.4. The molecule has 3 rings (SSSR count). The van der Waals surface area contributed by atoms with Crippen molar-refractivity contribution in [3.05, 3.63) is 58.1 Å². The van der Waals surface area contributed by atoms with E-state index in [0.717, 1.165) is 50.2 Å². The Hall–Kier alpha value is -3.31. The standard InChI is InChI=1S/C27H38FN5O5/c1-38-22(17-28)18-32(14-4-2-8-21-11-10-20-7-6-13-29-26(20)30-21)16-12-23(27(36)37)31-24(34)19-33-15-5-3-9-25(33)35/h3,5,9-11,15,22-23H,2,4,6-8,12-14,16-19H2,1H3,(H,29,30)(H,31,34)(H,36,37)/t22-,23+/m1/s1. The zero-order chi connectivity index (χ0) is 27.3. The number of hydrogen-bond donors (Lipinski definition) is 3. The third-order valence-corrected chi connectivity index (χ3v) is 6.66. The minimum absolute atomic E-state index is 0.130. The van der Waals surface area contributed by atoms with E-state index in [-0.39, 0.29) is 18.5 Å². The highest BCUT2D eigenvalue weighted by Gasteiger charge is 2.22. The van der Waals surface area contributed by atoms with Gasteiger partial charge < -0.3 is 29.9 Å². The summed E-state index contributed by atoms with van der Waals surface area (Å²) in [5, 5.41) is 15.5. The van der Waals surface area contributed by atoms with Gasteiger partial charge in [0.05, 0.1) is 6.10 Å². The molecule has 208 valence electrons. The van der Waals surface area contributed by atoms with Crippen molar-refractivity contribution in [1.29, 1.82) is 0 Å². The highest BCUT2D eigenvalue weighted by molar-refractivity contribution is 5.83. The Kier molecular flexibility index (Phi) is 11.7. The molecule has 0 aliphatic carbocycles. The monoisotopic (exact) mass is 531 g/mol. The molecule has 0 spiro atoms. The lowest BCUT2D eigenvalue weighted by Crippen LogP contribution is -2.46. The molecule has 0 saturated carbocycles. The SMILES string of the molecule is CO[C@H](CF)CN(CCCCc1ccc2c(n1)NCCC2)CC[C@H](NC(=O)Cn1ccccc1=O)C(=O)O. The van der Waals surface area contributed by atoms with Gasteiger partial charge in [-0.1, -0.05) is 12.1 Å². The molecule has 0 aromatic carbocycles. The van der Waals surface area contributed by atoms with Crippen LogP contribution in [-0.4, -0.2) is 83.5 Å². The van der Waals surface area contributed by atoms with Gasteiger partial charge in [0.1, 0.15) is 25.1 Å². The van der Waals surface area contributed by atoms with Crippen LogP contribution in [0, 0.1) is 0 Å². The fourth-order valence-corrected chi connectivity index (χ4v) is 4.47. The quantitative estimate of drug-likeness (QED) is 0.280. The van der Waals surface area contributed by atoms with E-state index in [0.29, 0.717) is 19.6 Å². The molecule has 3 N–H and O–H groups in total. The normalized spacial score (nSPS) is 14.4. The number of fused-ring (bicyclic) bond motifs is 1. The molecule has 1 aliphatic heterocycles. The van der Waals surface area contributed by atoms with E-state index in [4.69, 9.17) is 9.72 Å². The number of carbonyl (C=O) groups is 2. The van der Waals surface area contributed by atoms with E-state index in [9.17, 15) is 23.9 Å². The van der Waals surface area contributed by atoms with Crippen molar-refractivity contribution in [2.45, 2.75) is 57.2 Å². The van der Waals surface area contributed by atoms with Crippen LogP contribution in [0.15, 0.2) is 41.3 Å². The summed E-state index contributed by atoms with van der Waals surface area (Å²) in [4.78, 5) is 42.8. The molecule has 0 radical (unpaired) electrons. The van der Waals surface area contributed by atoms with Crippen molar-refractivity contribution >= 4 is 17.7 Å². The molecule has 0 fully saturated rings. The molecule has 1 amide bonds. The summed E-state index contributed by atoms with van der Waals surface area (Å²) in [5.41, 5.74) is 1.92. The number of carboxylic acid groups (broad SMARTS) is 1. The molecule has 11 heteroatoms. The maximum Gasteiger partial charge on any atom is 0.326 e. The fraction of sp³-hybridized carbons (Fsp3) is 0.556. The second kappa shape index (κ2) is 15.2. The molecular weight excluding hydrogens is 493 g/mol. The number of aryl methyl sites for hydroxylation is 2. The number of hydrogen-bond acceptors (Lipinski definition) is 7. The first-order valence-corrected chi connectivity index (χ1v) is 13.1. The van der Waals surface area contributed by atoms with Gasteiger partial charge in [-0.05, 0) is 62.8 Å². The first kappa shape index (κ1) is 29.2. The number of methoxy groups -OCH3 is 1. The van der Waals surface area contributed by atoms with Crippen LogP contribution in [0.2, 0.25) is 0 Å². The molecule has 2 aromatic heterocycles. The van der Waals surface area contributed by atoms with E-state index in [1.807, 2.05) is 4.90 Å². The van der Waals surface area contributed by atoms with Gasteiger partial charge in [0.25, 0.3) is 5.56 Å². The number of alkyl halides is 1. The Morgan fingerprint density at radius 1 is 1.26 bits per heavy atom. The number of aromatic nitrogens is 2. The van der Waals surface area contributed by atoms with Crippen LogP contribution >= 0.6 is 0 Å². The Morgan fingerprint density at radius 2 is 2.11 bits per heavy atom. The molecule has 1 aliphatic rings. The van der Waals surface area contributed by atoms with Crippen LogP contribution in [-0.2, 0) is 33.7 Å².